The lowest BCUT2D eigenvalue weighted by atomic mass is 10.1. The van der Waals surface area contributed by atoms with E-state index in [1.165, 1.54) is 0 Å². The minimum atomic E-state index is -2.38. The molecule has 1 N–H and O–H groups in total. The Kier molecular flexibility index (Phi) is 11.1. The van der Waals surface area contributed by atoms with E-state index in [2.05, 4.69) is 6.58 Å². The number of halogens is 3. The summed E-state index contributed by atoms with van der Waals surface area (Å²) in [5.74, 6) is -1.72. The molecule has 0 bridgehead atoms. The lowest BCUT2D eigenvalue weighted by Gasteiger charge is -2.08. The molecule has 0 radical (unpaired) electrons. The van der Waals surface area contributed by atoms with Crippen LogP contribution in [0.1, 0.15) is 32.1 Å². The van der Waals surface area contributed by atoms with Gasteiger partial charge in [-0.3, -0.25) is 0 Å². The first-order valence-corrected chi connectivity index (χ1v) is 4.71. The van der Waals surface area contributed by atoms with Crippen molar-refractivity contribution in [3.63, 3.8) is 0 Å². The quantitative estimate of drug-likeness (QED) is 0.524. The van der Waals surface area contributed by atoms with Crippen molar-refractivity contribution < 1.29 is 18.7 Å². The average Bonchev–Trinajstić information content (AvgIpc) is 2.16. The zero-order chi connectivity index (χ0) is 11.0. The highest BCUT2D eigenvalue weighted by Gasteiger charge is 2.26. The Morgan fingerprint density at radius 3 is 2.40 bits per heavy atom. The molecule has 0 saturated carbocycles. The van der Waals surface area contributed by atoms with Gasteiger partial charge < -0.3 is 5.11 Å². The predicted octanol–water partition coefficient (Wildman–Crippen LogP) is 3.31. The fourth-order valence-corrected chi connectivity index (χ4v) is 1.11. The monoisotopic (exact) mass is 242 g/mol. The smallest absolute Gasteiger partial charge is 0.341 e. The number of alkyl halides is 2. The molecule has 0 fully saturated rings. The normalized spacial score (nSPS) is 13.7. The highest BCUT2D eigenvalue weighted by molar-refractivity contribution is 5.85. The first kappa shape index (κ1) is 16.8. The number of rotatable bonds is 8. The second kappa shape index (κ2) is 9.90. The summed E-state index contributed by atoms with van der Waals surface area (Å²) in [5, 5.41) is 8.16. The van der Waals surface area contributed by atoms with Crippen LogP contribution in [0.15, 0.2) is 12.7 Å². The number of hydrogen-bond acceptors (Lipinski definition) is 1. The van der Waals surface area contributed by atoms with Gasteiger partial charge in [0.05, 0.1) is 0 Å². The zero-order valence-electron chi connectivity index (χ0n) is 8.49. The number of aliphatic carboxylic acids is 1. The molecular weight excluding hydrogens is 226 g/mol. The maximum absolute atomic E-state index is 12.8. The van der Waals surface area contributed by atoms with Crippen molar-refractivity contribution in [2.24, 2.45) is 0 Å². The van der Waals surface area contributed by atoms with Crippen molar-refractivity contribution in [1.29, 1.82) is 0 Å². The van der Waals surface area contributed by atoms with E-state index < -0.39 is 18.3 Å². The fourth-order valence-electron chi connectivity index (χ4n) is 1.11. The van der Waals surface area contributed by atoms with Crippen LogP contribution in [0.3, 0.4) is 0 Å². The van der Waals surface area contributed by atoms with Crippen molar-refractivity contribution in [2.45, 2.75) is 44.4 Å². The molecule has 0 amide bonds. The topological polar surface area (TPSA) is 37.3 Å². The van der Waals surface area contributed by atoms with Gasteiger partial charge in [0.1, 0.15) is 6.17 Å². The van der Waals surface area contributed by atoms with E-state index in [-0.39, 0.29) is 18.8 Å². The van der Waals surface area contributed by atoms with Gasteiger partial charge in [-0.05, 0) is 19.3 Å². The molecule has 5 heteroatoms. The van der Waals surface area contributed by atoms with Crippen molar-refractivity contribution in [1.82, 2.24) is 0 Å². The minimum Gasteiger partial charge on any atom is -0.479 e. The van der Waals surface area contributed by atoms with Gasteiger partial charge in [0.2, 0.25) is 6.17 Å². The first-order chi connectivity index (χ1) is 6.59. The van der Waals surface area contributed by atoms with Crippen molar-refractivity contribution in [2.75, 3.05) is 0 Å². The highest BCUT2D eigenvalue weighted by atomic mass is 35.5. The van der Waals surface area contributed by atoms with Gasteiger partial charge in [-0.15, -0.1) is 19.0 Å². The van der Waals surface area contributed by atoms with Crippen LogP contribution in [-0.2, 0) is 4.79 Å². The largest absolute Gasteiger partial charge is 0.479 e. The summed E-state index contributed by atoms with van der Waals surface area (Å²) in [5.41, 5.74) is 0. The average molecular weight is 243 g/mol. The van der Waals surface area contributed by atoms with E-state index in [4.69, 9.17) is 5.11 Å². The number of carboxylic acids is 1. The second-order valence-corrected chi connectivity index (χ2v) is 3.18. The highest BCUT2D eigenvalue weighted by Crippen LogP contribution is 2.13. The Morgan fingerprint density at radius 1 is 1.33 bits per heavy atom. The van der Waals surface area contributed by atoms with Gasteiger partial charge in [0.15, 0.2) is 0 Å². The van der Waals surface area contributed by atoms with Gasteiger partial charge in [-0.1, -0.05) is 18.9 Å². The molecule has 0 heterocycles. The van der Waals surface area contributed by atoms with Crippen LogP contribution in [0, 0.1) is 0 Å². The van der Waals surface area contributed by atoms with Crippen LogP contribution >= 0.6 is 12.4 Å². The predicted molar refractivity (Wildman–Crippen MR) is 58.0 cm³/mol. The van der Waals surface area contributed by atoms with Gasteiger partial charge in [-0.2, -0.15) is 0 Å². The van der Waals surface area contributed by atoms with Crippen molar-refractivity contribution in [3.8, 4) is 0 Å². The van der Waals surface area contributed by atoms with Crippen molar-refractivity contribution >= 4 is 18.4 Å². The molecule has 0 aromatic heterocycles. The van der Waals surface area contributed by atoms with Gasteiger partial charge in [0.25, 0.3) is 0 Å². The molecule has 2 atom stereocenters. The number of carbonyl (C=O) groups is 1. The van der Waals surface area contributed by atoms with Crippen LogP contribution in [0.5, 0.6) is 0 Å². The summed E-state index contributed by atoms with van der Waals surface area (Å²) in [4.78, 5) is 10.0. The Labute approximate surface area is 94.8 Å². The van der Waals surface area contributed by atoms with E-state index in [1.54, 1.807) is 6.08 Å². The molecule has 0 aromatic carbocycles. The van der Waals surface area contributed by atoms with Gasteiger partial charge in [0, 0.05) is 0 Å². The maximum Gasteiger partial charge on any atom is 0.341 e. The van der Waals surface area contributed by atoms with E-state index >= 15 is 0 Å². The summed E-state index contributed by atoms with van der Waals surface area (Å²) in [6, 6.07) is 0. The SMILES string of the molecule is C=CCCCCCC(F)C(F)C(=O)O.Cl. The molecule has 2 unspecified atom stereocenters. The lowest BCUT2D eigenvalue weighted by molar-refractivity contribution is -0.145. The van der Waals surface area contributed by atoms with Crippen LogP contribution in [0.25, 0.3) is 0 Å². The van der Waals surface area contributed by atoms with E-state index in [0.29, 0.717) is 6.42 Å². The molecular formula is C10H17ClF2O2. The van der Waals surface area contributed by atoms with Crippen molar-refractivity contribution in [3.05, 3.63) is 12.7 Å². The Morgan fingerprint density at radius 2 is 1.93 bits per heavy atom. The third-order valence-corrected chi connectivity index (χ3v) is 1.94. The Hall–Kier alpha value is -0.640. The minimum absolute atomic E-state index is 0. The third kappa shape index (κ3) is 8.36. The molecule has 0 aromatic rings. The molecule has 0 aliphatic rings. The lowest BCUT2D eigenvalue weighted by Crippen LogP contribution is -2.26. The third-order valence-electron chi connectivity index (χ3n) is 1.94. The molecule has 0 spiro atoms. The molecule has 0 aliphatic heterocycles. The number of carboxylic acid groups (broad SMARTS) is 1. The number of hydrogen-bond donors (Lipinski definition) is 1. The fraction of sp³-hybridized carbons (Fsp3) is 0.700. The molecule has 0 aliphatic carbocycles. The zero-order valence-corrected chi connectivity index (χ0v) is 9.31. The van der Waals surface area contributed by atoms with Crippen LogP contribution in [0.2, 0.25) is 0 Å². The van der Waals surface area contributed by atoms with Gasteiger partial charge in [-0.25, -0.2) is 13.6 Å². The van der Waals surface area contributed by atoms with E-state index in [0.717, 1.165) is 19.3 Å². The van der Waals surface area contributed by atoms with Crippen LogP contribution in [-0.4, -0.2) is 23.4 Å². The molecule has 2 nitrogen and oxygen atoms in total. The first-order valence-electron chi connectivity index (χ1n) is 4.71. The molecule has 0 saturated heterocycles. The summed E-state index contributed by atoms with van der Waals surface area (Å²) < 4.78 is 25.3. The summed E-state index contributed by atoms with van der Waals surface area (Å²) in [6.07, 6.45) is 0.522. The second-order valence-electron chi connectivity index (χ2n) is 3.18. The van der Waals surface area contributed by atoms with Crippen LogP contribution < -0.4 is 0 Å². The Bertz CT molecular complexity index is 188. The Balaban J connectivity index is 0. The standard InChI is InChI=1S/C10H16F2O2.ClH/c1-2-3-4-5-6-7-8(11)9(12)10(13)14;/h2,8-9H,1,3-7H2,(H,13,14);1H. The van der Waals surface area contributed by atoms with E-state index in [9.17, 15) is 13.6 Å². The summed E-state index contributed by atoms with van der Waals surface area (Å²) in [7, 11) is 0. The maximum atomic E-state index is 12.8. The number of allylic oxidation sites excluding steroid dienone is 1. The van der Waals surface area contributed by atoms with E-state index in [1.807, 2.05) is 0 Å². The van der Waals surface area contributed by atoms with Gasteiger partial charge >= 0.3 is 5.97 Å². The summed E-state index contributed by atoms with van der Waals surface area (Å²) >= 11 is 0. The molecule has 0 rings (SSSR count). The molecule has 90 valence electrons. The van der Waals surface area contributed by atoms with Crippen LogP contribution in [0.4, 0.5) is 8.78 Å². The molecule has 15 heavy (non-hydrogen) atoms. The number of unbranched alkanes of at least 4 members (excludes halogenated alkanes) is 3. The summed E-state index contributed by atoms with van der Waals surface area (Å²) in [6.45, 7) is 3.53.